The first kappa shape index (κ1) is 21.3. The summed E-state index contributed by atoms with van der Waals surface area (Å²) in [5.41, 5.74) is 9.73. The molecule has 0 saturated carbocycles. The number of ether oxygens (including phenoxy) is 1. The minimum atomic E-state index is -0.480. The fraction of sp³-hybridized carbons (Fsp3) is 0.348. The number of hydrogen-bond acceptors (Lipinski definition) is 7. The number of nitrogen functional groups attached to an aromatic ring is 1. The van der Waals surface area contributed by atoms with Crippen LogP contribution in [0.4, 0.5) is 11.4 Å². The van der Waals surface area contributed by atoms with Crippen LogP contribution in [0.1, 0.15) is 52.1 Å². The van der Waals surface area contributed by atoms with Crippen molar-refractivity contribution in [3.63, 3.8) is 0 Å². The molecule has 1 aromatic carbocycles. The number of carbonyl (C=O) groups is 2. The summed E-state index contributed by atoms with van der Waals surface area (Å²) in [5.74, 6) is -0.842. The molecule has 0 radical (unpaired) electrons. The first-order valence-corrected chi connectivity index (χ1v) is 11.2. The van der Waals surface area contributed by atoms with E-state index in [4.69, 9.17) is 15.5 Å². The maximum atomic E-state index is 13.0. The van der Waals surface area contributed by atoms with Crippen molar-refractivity contribution in [3.8, 4) is 0 Å². The lowest BCUT2D eigenvalue weighted by Crippen LogP contribution is -2.36. The number of rotatable bonds is 5. The Bertz CT molecular complexity index is 1160. The zero-order valence-corrected chi connectivity index (χ0v) is 18.7. The van der Waals surface area contributed by atoms with Crippen LogP contribution < -0.4 is 11.1 Å². The summed E-state index contributed by atoms with van der Waals surface area (Å²) in [7, 11) is 0. The lowest BCUT2D eigenvalue weighted by molar-refractivity contribution is 0.0527. The van der Waals surface area contributed by atoms with E-state index in [1.54, 1.807) is 31.2 Å². The fourth-order valence-corrected chi connectivity index (χ4v) is 4.78. The smallest absolute Gasteiger partial charge is 0.340 e. The first-order valence-electron chi connectivity index (χ1n) is 10.4. The Morgan fingerprint density at radius 2 is 2.10 bits per heavy atom. The number of para-hydroxylation sites is 1. The summed E-state index contributed by atoms with van der Waals surface area (Å²) >= 11 is 1.28. The molecule has 0 bridgehead atoms. The molecule has 8 heteroatoms. The van der Waals surface area contributed by atoms with Crippen LogP contribution in [0, 0.1) is 0 Å². The Labute approximate surface area is 185 Å². The normalized spacial score (nSPS) is 13.9. The highest BCUT2D eigenvalue weighted by molar-refractivity contribution is 7.21. The second kappa shape index (κ2) is 8.64. The Balaban J connectivity index is 1.64. The van der Waals surface area contributed by atoms with E-state index in [9.17, 15) is 9.59 Å². The summed E-state index contributed by atoms with van der Waals surface area (Å²) in [6, 6.07) is 9.31. The summed E-state index contributed by atoms with van der Waals surface area (Å²) in [5, 5.41) is 3.62. The molecule has 0 spiro atoms. The number of nitrogens with one attached hydrogen (secondary N) is 1. The molecule has 0 fully saturated rings. The van der Waals surface area contributed by atoms with Crippen LogP contribution >= 0.6 is 11.3 Å². The molecule has 1 aliphatic rings. The number of anilines is 2. The molecule has 3 aromatic rings. The van der Waals surface area contributed by atoms with E-state index in [1.165, 1.54) is 11.3 Å². The van der Waals surface area contributed by atoms with E-state index in [0.29, 0.717) is 27.9 Å². The van der Waals surface area contributed by atoms with E-state index in [-0.39, 0.29) is 12.5 Å². The number of amides is 1. The third-order valence-corrected chi connectivity index (χ3v) is 6.62. The molecular formula is C23H26N4O3S. The van der Waals surface area contributed by atoms with Gasteiger partial charge < -0.3 is 15.8 Å². The summed E-state index contributed by atoms with van der Waals surface area (Å²) < 4.78 is 5.08. The minimum Gasteiger partial charge on any atom is -0.462 e. The van der Waals surface area contributed by atoms with Gasteiger partial charge in [0.25, 0.3) is 5.91 Å². The van der Waals surface area contributed by atoms with Gasteiger partial charge in [0.05, 0.1) is 23.5 Å². The lowest BCUT2D eigenvalue weighted by atomic mass is 10.0. The first-order chi connectivity index (χ1) is 14.9. The number of pyridine rings is 1. The minimum absolute atomic E-state index is 0.259. The molecule has 0 atom stereocenters. The molecule has 4 rings (SSSR count). The fourth-order valence-electron chi connectivity index (χ4n) is 3.79. The average molecular weight is 439 g/mol. The number of aromatic nitrogens is 1. The van der Waals surface area contributed by atoms with Crippen molar-refractivity contribution in [2.75, 3.05) is 24.2 Å². The monoisotopic (exact) mass is 438 g/mol. The average Bonchev–Trinajstić information content (AvgIpc) is 3.08. The van der Waals surface area contributed by atoms with Crippen LogP contribution in [-0.4, -0.2) is 41.0 Å². The molecule has 0 unspecified atom stereocenters. The topological polar surface area (TPSA) is 97.5 Å². The van der Waals surface area contributed by atoms with Crippen molar-refractivity contribution in [3.05, 3.63) is 52.0 Å². The maximum Gasteiger partial charge on any atom is 0.340 e. The summed E-state index contributed by atoms with van der Waals surface area (Å²) in [6.07, 6.45) is 0.885. The Morgan fingerprint density at radius 1 is 1.32 bits per heavy atom. The van der Waals surface area contributed by atoms with Gasteiger partial charge in [0, 0.05) is 36.6 Å². The van der Waals surface area contributed by atoms with Gasteiger partial charge in [-0.15, -0.1) is 11.3 Å². The van der Waals surface area contributed by atoms with Crippen molar-refractivity contribution in [1.82, 2.24) is 9.88 Å². The molecule has 2 aromatic heterocycles. The number of nitrogens with zero attached hydrogens (tertiary/aromatic N) is 2. The number of thiophene rings is 1. The van der Waals surface area contributed by atoms with Crippen molar-refractivity contribution in [2.24, 2.45) is 0 Å². The molecule has 3 heterocycles. The van der Waals surface area contributed by atoms with Crippen molar-refractivity contribution >= 4 is 44.8 Å². The molecule has 0 saturated heterocycles. The van der Waals surface area contributed by atoms with Crippen LogP contribution in [0.5, 0.6) is 0 Å². The highest BCUT2D eigenvalue weighted by Crippen LogP contribution is 2.36. The zero-order chi connectivity index (χ0) is 22.1. The number of hydrogen-bond donors (Lipinski definition) is 2. The zero-order valence-electron chi connectivity index (χ0n) is 17.9. The standard InChI is InChI=1S/C23H26N4O3S/c1-4-30-23(29)15-7-5-6-8-18(15)25-21(28)20-19(24)16-11-14-12-27(13(2)3)10-9-17(14)26-22(16)31-20/h5-8,11,13H,4,9-10,12,24H2,1-3H3,(H,25,28). The van der Waals surface area contributed by atoms with E-state index in [1.807, 2.05) is 0 Å². The number of benzene rings is 1. The van der Waals surface area contributed by atoms with Gasteiger partial charge in [0.15, 0.2) is 0 Å². The van der Waals surface area contributed by atoms with Gasteiger partial charge in [0.1, 0.15) is 9.71 Å². The van der Waals surface area contributed by atoms with Crippen LogP contribution in [0.15, 0.2) is 30.3 Å². The second-order valence-corrected chi connectivity index (χ2v) is 8.83. The maximum absolute atomic E-state index is 13.0. The predicted octanol–water partition coefficient (Wildman–Crippen LogP) is 4.07. The van der Waals surface area contributed by atoms with Gasteiger partial charge >= 0.3 is 5.97 Å². The van der Waals surface area contributed by atoms with Gasteiger partial charge in [-0.2, -0.15) is 0 Å². The molecule has 162 valence electrons. The van der Waals surface area contributed by atoms with Gasteiger partial charge in [-0.25, -0.2) is 9.78 Å². The van der Waals surface area contributed by atoms with E-state index >= 15 is 0 Å². The van der Waals surface area contributed by atoms with E-state index in [0.717, 1.165) is 41.0 Å². The SMILES string of the molecule is CCOC(=O)c1ccccc1NC(=O)c1sc2nc3c(cc2c1N)CN(C(C)C)CC3. The van der Waals surface area contributed by atoms with Gasteiger partial charge in [0.2, 0.25) is 0 Å². The Morgan fingerprint density at radius 3 is 2.84 bits per heavy atom. The third-order valence-electron chi connectivity index (χ3n) is 5.51. The van der Waals surface area contributed by atoms with Gasteiger partial charge in [-0.05, 0) is 44.5 Å². The second-order valence-electron chi connectivity index (χ2n) is 7.83. The van der Waals surface area contributed by atoms with Crippen molar-refractivity contribution < 1.29 is 14.3 Å². The molecule has 7 nitrogen and oxygen atoms in total. The van der Waals surface area contributed by atoms with Gasteiger partial charge in [-0.1, -0.05) is 12.1 Å². The molecule has 1 amide bonds. The van der Waals surface area contributed by atoms with Crippen LogP contribution in [0.3, 0.4) is 0 Å². The highest BCUT2D eigenvalue weighted by atomic mass is 32.1. The number of fused-ring (bicyclic) bond motifs is 2. The number of esters is 1. The van der Waals surface area contributed by atoms with E-state index < -0.39 is 5.97 Å². The van der Waals surface area contributed by atoms with Crippen LogP contribution in [-0.2, 0) is 17.7 Å². The van der Waals surface area contributed by atoms with Crippen LogP contribution in [0.25, 0.3) is 10.2 Å². The van der Waals surface area contributed by atoms with Crippen molar-refractivity contribution in [2.45, 2.75) is 39.8 Å². The van der Waals surface area contributed by atoms with E-state index in [2.05, 4.69) is 30.1 Å². The quantitative estimate of drug-likeness (QED) is 0.583. The molecular weight excluding hydrogens is 412 g/mol. The lowest BCUT2D eigenvalue weighted by Gasteiger charge is -2.31. The summed E-state index contributed by atoms with van der Waals surface area (Å²) in [6.45, 7) is 8.18. The largest absolute Gasteiger partial charge is 0.462 e. The number of nitrogens with two attached hydrogens (primary N) is 1. The predicted molar refractivity (Wildman–Crippen MR) is 124 cm³/mol. The molecule has 1 aliphatic heterocycles. The van der Waals surface area contributed by atoms with Crippen LogP contribution in [0.2, 0.25) is 0 Å². The Hall–Kier alpha value is -2.97. The third kappa shape index (κ3) is 4.13. The number of carbonyl (C=O) groups excluding carboxylic acids is 2. The molecule has 31 heavy (non-hydrogen) atoms. The highest BCUT2D eigenvalue weighted by Gasteiger charge is 2.24. The van der Waals surface area contributed by atoms with Gasteiger partial charge in [-0.3, -0.25) is 9.69 Å². The summed E-state index contributed by atoms with van der Waals surface area (Å²) in [4.78, 5) is 33.6. The molecule has 3 N–H and O–H groups in total. The molecule has 0 aliphatic carbocycles. The van der Waals surface area contributed by atoms with Crippen molar-refractivity contribution in [1.29, 1.82) is 0 Å². The Kier molecular flexibility index (Phi) is 5.93.